The van der Waals surface area contributed by atoms with Crippen molar-refractivity contribution < 1.29 is 0 Å². The van der Waals surface area contributed by atoms with Gasteiger partial charge in [0.1, 0.15) is 5.82 Å². The number of rotatable bonds is 4. The third-order valence-electron chi connectivity index (χ3n) is 2.71. The second kappa shape index (κ2) is 5.19. The molecule has 2 aromatic rings. The van der Waals surface area contributed by atoms with Gasteiger partial charge in [-0.25, -0.2) is 4.98 Å². The monoisotopic (exact) mass is 247 g/mol. The standard InChI is InChI=1S/C13H17N3S/c1-9-3-5-15-13(12(9)14)16-10(2)7-11-4-6-17-8-11/h3-6,8,10H,7,14H2,1-2H3,(H,15,16). The van der Waals surface area contributed by atoms with Gasteiger partial charge in [0.15, 0.2) is 0 Å². The number of nitrogens with one attached hydrogen (secondary N) is 1. The quantitative estimate of drug-likeness (QED) is 0.873. The van der Waals surface area contributed by atoms with E-state index in [1.807, 2.05) is 13.0 Å². The number of aromatic nitrogens is 1. The lowest BCUT2D eigenvalue weighted by Gasteiger charge is -2.16. The highest BCUT2D eigenvalue weighted by atomic mass is 32.1. The summed E-state index contributed by atoms with van der Waals surface area (Å²) >= 11 is 1.73. The highest BCUT2D eigenvalue weighted by Gasteiger charge is 2.08. The molecule has 0 spiro atoms. The predicted octanol–water partition coefficient (Wildman–Crippen LogP) is 3.08. The van der Waals surface area contributed by atoms with Crippen molar-refractivity contribution in [3.05, 3.63) is 40.2 Å². The molecule has 90 valence electrons. The van der Waals surface area contributed by atoms with Gasteiger partial charge >= 0.3 is 0 Å². The number of pyridine rings is 1. The first-order valence-corrected chi connectivity index (χ1v) is 6.60. The van der Waals surface area contributed by atoms with Crippen LogP contribution in [0, 0.1) is 6.92 Å². The molecule has 0 aliphatic rings. The molecule has 2 rings (SSSR count). The number of hydrogen-bond acceptors (Lipinski definition) is 4. The largest absolute Gasteiger partial charge is 0.396 e. The molecular weight excluding hydrogens is 230 g/mol. The molecule has 1 unspecified atom stereocenters. The topological polar surface area (TPSA) is 50.9 Å². The van der Waals surface area contributed by atoms with Crippen LogP contribution in [0.5, 0.6) is 0 Å². The number of nitrogens with zero attached hydrogens (tertiary/aromatic N) is 1. The fourth-order valence-electron chi connectivity index (χ4n) is 1.73. The van der Waals surface area contributed by atoms with E-state index in [4.69, 9.17) is 5.73 Å². The van der Waals surface area contributed by atoms with Crippen LogP contribution >= 0.6 is 11.3 Å². The fraction of sp³-hybridized carbons (Fsp3) is 0.308. The molecule has 2 aromatic heterocycles. The summed E-state index contributed by atoms with van der Waals surface area (Å²) in [6.07, 6.45) is 2.77. The van der Waals surface area contributed by atoms with Gasteiger partial charge in [-0.1, -0.05) is 0 Å². The van der Waals surface area contributed by atoms with E-state index in [0.717, 1.165) is 23.5 Å². The van der Waals surface area contributed by atoms with E-state index in [0.29, 0.717) is 6.04 Å². The first-order valence-electron chi connectivity index (χ1n) is 5.65. The second-order valence-corrected chi connectivity index (χ2v) is 5.05. The summed E-state index contributed by atoms with van der Waals surface area (Å²) in [4.78, 5) is 4.27. The second-order valence-electron chi connectivity index (χ2n) is 4.27. The zero-order valence-corrected chi connectivity index (χ0v) is 10.9. The Morgan fingerprint density at radius 1 is 1.47 bits per heavy atom. The number of thiophene rings is 1. The lowest BCUT2D eigenvalue weighted by atomic mass is 10.1. The molecule has 1 atom stereocenters. The molecular formula is C13H17N3S. The Morgan fingerprint density at radius 3 is 3.00 bits per heavy atom. The first kappa shape index (κ1) is 11.9. The van der Waals surface area contributed by atoms with Crippen molar-refractivity contribution >= 4 is 22.8 Å². The lowest BCUT2D eigenvalue weighted by Crippen LogP contribution is -2.19. The Labute approximate surface area is 106 Å². The molecule has 0 saturated heterocycles. The van der Waals surface area contributed by atoms with Gasteiger partial charge in [0.25, 0.3) is 0 Å². The highest BCUT2D eigenvalue weighted by Crippen LogP contribution is 2.20. The molecule has 3 nitrogen and oxygen atoms in total. The van der Waals surface area contributed by atoms with E-state index < -0.39 is 0 Å². The Hall–Kier alpha value is -1.55. The van der Waals surface area contributed by atoms with Crippen molar-refractivity contribution in [3.8, 4) is 0 Å². The maximum absolute atomic E-state index is 5.98. The van der Waals surface area contributed by atoms with Gasteiger partial charge in [0.2, 0.25) is 0 Å². The predicted molar refractivity (Wildman–Crippen MR) is 74.5 cm³/mol. The number of nitrogens with two attached hydrogens (primary N) is 1. The van der Waals surface area contributed by atoms with Crippen molar-refractivity contribution in [3.63, 3.8) is 0 Å². The average Bonchev–Trinajstić information content (AvgIpc) is 2.77. The molecule has 2 heterocycles. The maximum Gasteiger partial charge on any atom is 0.149 e. The van der Waals surface area contributed by atoms with Crippen LogP contribution < -0.4 is 11.1 Å². The molecule has 0 aliphatic carbocycles. The van der Waals surface area contributed by atoms with Crippen molar-refractivity contribution in [2.75, 3.05) is 11.1 Å². The third-order valence-corrected chi connectivity index (χ3v) is 3.45. The average molecular weight is 247 g/mol. The molecule has 4 heteroatoms. The van der Waals surface area contributed by atoms with Crippen molar-refractivity contribution in [1.82, 2.24) is 4.98 Å². The highest BCUT2D eigenvalue weighted by molar-refractivity contribution is 7.07. The van der Waals surface area contributed by atoms with E-state index in [9.17, 15) is 0 Å². The Morgan fingerprint density at radius 2 is 2.29 bits per heavy atom. The number of aryl methyl sites for hydroxylation is 1. The van der Waals surface area contributed by atoms with Gasteiger partial charge in [-0.15, -0.1) is 0 Å². The Kier molecular flexibility index (Phi) is 3.64. The van der Waals surface area contributed by atoms with Gasteiger partial charge in [0, 0.05) is 12.2 Å². The maximum atomic E-state index is 5.98. The molecule has 0 fully saturated rings. The van der Waals surface area contributed by atoms with E-state index in [1.54, 1.807) is 17.5 Å². The fourth-order valence-corrected chi connectivity index (χ4v) is 2.41. The summed E-state index contributed by atoms with van der Waals surface area (Å²) in [5, 5.41) is 7.63. The Bertz CT molecular complexity index is 479. The zero-order chi connectivity index (χ0) is 12.3. The summed E-state index contributed by atoms with van der Waals surface area (Å²) < 4.78 is 0. The van der Waals surface area contributed by atoms with Crippen molar-refractivity contribution in [2.45, 2.75) is 26.3 Å². The summed E-state index contributed by atoms with van der Waals surface area (Å²) in [6, 6.07) is 4.39. The minimum Gasteiger partial charge on any atom is -0.396 e. The summed E-state index contributed by atoms with van der Waals surface area (Å²) in [6.45, 7) is 4.13. The van der Waals surface area contributed by atoms with Gasteiger partial charge in [-0.2, -0.15) is 11.3 Å². The van der Waals surface area contributed by atoms with Gasteiger partial charge in [-0.3, -0.25) is 0 Å². The molecule has 0 saturated carbocycles. The summed E-state index contributed by atoms with van der Waals surface area (Å²) in [5.74, 6) is 0.785. The van der Waals surface area contributed by atoms with Gasteiger partial charge < -0.3 is 11.1 Å². The molecule has 0 radical (unpaired) electrons. The summed E-state index contributed by atoms with van der Waals surface area (Å²) in [7, 11) is 0. The van der Waals surface area contributed by atoms with Crippen LogP contribution in [-0.2, 0) is 6.42 Å². The van der Waals surface area contributed by atoms with Crippen LogP contribution in [0.25, 0.3) is 0 Å². The van der Waals surface area contributed by atoms with Crippen LogP contribution in [-0.4, -0.2) is 11.0 Å². The summed E-state index contributed by atoms with van der Waals surface area (Å²) in [5.41, 5.74) is 9.13. The lowest BCUT2D eigenvalue weighted by molar-refractivity contribution is 0.787. The van der Waals surface area contributed by atoms with E-state index in [1.165, 1.54) is 5.56 Å². The number of nitrogen functional groups attached to an aromatic ring is 1. The number of anilines is 2. The molecule has 0 aliphatic heterocycles. The normalized spacial score (nSPS) is 12.4. The minimum absolute atomic E-state index is 0.321. The molecule has 3 N–H and O–H groups in total. The molecule has 0 amide bonds. The zero-order valence-electron chi connectivity index (χ0n) is 10.1. The smallest absolute Gasteiger partial charge is 0.149 e. The van der Waals surface area contributed by atoms with E-state index in [-0.39, 0.29) is 0 Å². The van der Waals surface area contributed by atoms with Crippen molar-refractivity contribution in [2.24, 2.45) is 0 Å². The van der Waals surface area contributed by atoms with E-state index >= 15 is 0 Å². The minimum atomic E-state index is 0.321. The molecule has 0 bridgehead atoms. The number of hydrogen-bond donors (Lipinski definition) is 2. The molecule has 17 heavy (non-hydrogen) atoms. The van der Waals surface area contributed by atoms with Crippen LogP contribution in [0.4, 0.5) is 11.5 Å². The van der Waals surface area contributed by atoms with Gasteiger partial charge in [-0.05, 0) is 54.3 Å². The van der Waals surface area contributed by atoms with Crippen LogP contribution in [0.3, 0.4) is 0 Å². The Balaban J connectivity index is 2.03. The first-order chi connectivity index (χ1) is 8.16. The van der Waals surface area contributed by atoms with E-state index in [2.05, 4.69) is 34.1 Å². The molecule has 0 aromatic carbocycles. The SMILES string of the molecule is Cc1ccnc(NC(C)Cc2ccsc2)c1N. The third kappa shape index (κ3) is 2.97. The van der Waals surface area contributed by atoms with Crippen LogP contribution in [0.1, 0.15) is 18.1 Å². The van der Waals surface area contributed by atoms with Crippen molar-refractivity contribution in [1.29, 1.82) is 0 Å². The van der Waals surface area contributed by atoms with Gasteiger partial charge in [0.05, 0.1) is 5.69 Å². The van der Waals surface area contributed by atoms with Crippen LogP contribution in [0.15, 0.2) is 29.1 Å². The van der Waals surface area contributed by atoms with Crippen LogP contribution in [0.2, 0.25) is 0 Å².